The van der Waals surface area contributed by atoms with Crippen LogP contribution in [0.4, 0.5) is 0 Å². The highest BCUT2D eigenvalue weighted by molar-refractivity contribution is 6.20. The van der Waals surface area contributed by atoms with Crippen LogP contribution in [0.3, 0.4) is 0 Å². The Kier molecular flexibility index (Phi) is 4.26. The molecule has 0 aliphatic heterocycles. The lowest BCUT2D eigenvalue weighted by molar-refractivity contribution is -0.155. The second-order valence-corrected chi connectivity index (χ2v) is 8.77. The number of carbonyl (C=O) groups excluding carboxylic acids is 1. The van der Waals surface area contributed by atoms with E-state index in [0.29, 0.717) is 24.5 Å². The van der Waals surface area contributed by atoms with Gasteiger partial charge in [0.1, 0.15) is 0 Å². The van der Waals surface area contributed by atoms with Gasteiger partial charge in [-0.05, 0) is 62.2 Å². The molecule has 0 saturated heterocycles. The third-order valence-corrected chi connectivity index (χ3v) is 6.27. The van der Waals surface area contributed by atoms with Crippen molar-refractivity contribution in [3.8, 4) is 0 Å². The molecule has 4 saturated carbocycles. The zero-order valence-electron chi connectivity index (χ0n) is 13.3. The fourth-order valence-electron chi connectivity index (χ4n) is 5.78. The van der Waals surface area contributed by atoms with E-state index >= 15 is 0 Å². The summed E-state index contributed by atoms with van der Waals surface area (Å²) in [5, 5.41) is 3.16. The number of hydrogen-bond acceptors (Lipinski definition) is 2. The van der Waals surface area contributed by atoms with Gasteiger partial charge in [0.05, 0.1) is 17.4 Å². The maximum atomic E-state index is 12.8. The number of methoxy groups -OCH3 is 1. The van der Waals surface area contributed by atoms with Crippen molar-refractivity contribution in [3.05, 3.63) is 0 Å². The molecule has 3 unspecified atom stereocenters. The first kappa shape index (κ1) is 15.6. The highest BCUT2D eigenvalue weighted by atomic mass is 35.5. The number of amides is 1. The minimum atomic E-state index is -0.0676. The Bertz CT molecular complexity index is 398. The summed E-state index contributed by atoms with van der Waals surface area (Å²) in [5.74, 6) is 1.87. The first-order valence-electron chi connectivity index (χ1n) is 8.36. The standard InChI is InChI=1S/C17H28ClNO2/c1-16-6-12-5-13(7-16)9-17(8-12,11-16)15(20)19-4-3-14(18)10-21-2/h12-14H,3-11H2,1-2H3,(H,19,20). The number of halogens is 1. The predicted molar refractivity (Wildman–Crippen MR) is 84.4 cm³/mol. The summed E-state index contributed by atoms with van der Waals surface area (Å²) < 4.78 is 5.03. The van der Waals surface area contributed by atoms with Gasteiger partial charge in [-0.25, -0.2) is 0 Å². The summed E-state index contributed by atoms with van der Waals surface area (Å²) in [7, 11) is 1.66. The highest BCUT2D eigenvalue weighted by Crippen LogP contribution is 2.65. The Morgan fingerprint density at radius 2 is 2.00 bits per heavy atom. The molecule has 4 bridgehead atoms. The van der Waals surface area contributed by atoms with Gasteiger partial charge >= 0.3 is 0 Å². The zero-order valence-corrected chi connectivity index (χ0v) is 14.0. The molecule has 0 aromatic carbocycles. The van der Waals surface area contributed by atoms with E-state index < -0.39 is 0 Å². The van der Waals surface area contributed by atoms with Crippen molar-refractivity contribution in [2.75, 3.05) is 20.3 Å². The van der Waals surface area contributed by atoms with Gasteiger partial charge in [0.15, 0.2) is 0 Å². The Hall–Kier alpha value is -0.280. The van der Waals surface area contributed by atoms with Crippen LogP contribution in [0.5, 0.6) is 0 Å². The maximum absolute atomic E-state index is 12.8. The summed E-state index contributed by atoms with van der Waals surface area (Å²) in [6.07, 6.45) is 8.16. The first-order valence-corrected chi connectivity index (χ1v) is 8.80. The lowest BCUT2D eigenvalue weighted by atomic mass is 9.44. The summed E-state index contributed by atoms with van der Waals surface area (Å²) in [6.45, 7) is 3.62. The van der Waals surface area contributed by atoms with E-state index in [-0.39, 0.29) is 10.8 Å². The fraction of sp³-hybridized carbons (Fsp3) is 0.941. The molecule has 4 aliphatic carbocycles. The molecule has 4 heteroatoms. The molecule has 1 amide bonds. The van der Waals surface area contributed by atoms with Gasteiger partial charge in [-0.2, -0.15) is 0 Å². The molecule has 120 valence electrons. The van der Waals surface area contributed by atoms with Crippen LogP contribution in [-0.4, -0.2) is 31.5 Å². The second-order valence-electron chi connectivity index (χ2n) is 8.15. The van der Waals surface area contributed by atoms with E-state index in [1.54, 1.807) is 7.11 Å². The van der Waals surface area contributed by atoms with Crippen LogP contribution in [0.2, 0.25) is 0 Å². The van der Waals surface area contributed by atoms with Crippen molar-refractivity contribution in [1.82, 2.24) is 5.32 Å². The van der Waals surface area contributed by atoms with Crippen LogP contribution in [0.1, 0.15) is 51.9 Å². The number of alkyl halides is 1. The summed E-state index contributed by atoms with van der Waals surface area (Å²) in [4.78, 5) is 12.8. The molecule has 3 atom stereocenters. The fourth-order valence-corrected chi connectivity index (χ4v) is 6.02. The van der Waals surface area contributed by atoms with Crippen molar-refractivity contribution >= 4 is 17.5 Å². The molecule has 0 aromatic heterocycles. The molecule has 0 radical (unpaired) electrons. The zero-order chi connectivity index (χ0) is 15.1. The molecule has 4 rings (SSSR count). The minimum Gasteiger partial charge on any atom is -0.383 e. The van der Waals surface area contributed by atoms with Gasteiger partial charge in [0, 0.05) is 13.7 Å². The highest BCUT2D eigenvalue weighted by Gasteiger charge is 2.58. The first-order chi connectivity index (χ1) is 9.95. The molecule has 21 heavy (non-hydrogen) atoms. The molecular weight excluding hydrogens is 286 g/mol. The van der Waals surface area contributed by atoms with Crippen LogP contribution >= 0.6 is 11.6 Å². The van der Waals surface area contributed by atoms with E-state index in [0.717, 1.165) is 37.5 Å². The third-order valence-electron chi connectivity index (χ3n) is 5.93. The average molecular weight is 314 g/mol. The van der Waals surface area contributed by atoms with Gasteiger partial charge in [-0.3, -0.25) is 4.79 Å². The normalized spacial score (nSPS) is 42.0. The van der Waals surface area contributed by atoms with E-state index in [2.05, 4.69) is 12.2 Å². The molecular formula is C17H28ClNO2. The van der Waals surface area contributed by atoms with Gasteiger partial charge in [0.25, 0.3) is 0 Å². The Balaban J connectivity index is 1.57. The lowest BCUT2D eigenvalue weighted by Crippen LogP contribution is -2.56. The molecule has 0 aromatic rings. The molecule has 4 aliphatic rings. The van der Waals surface area contributed by atoms with E-state index in [9.17, 15) is 4.79 Å². The number of carbonyl (C=O) groups is 1. The maximum Gasteiger partial charge on any atom is 0.226 e. The lowest BCUT2D eigenvalue weighted by Gasteiger charge is -2.60. The second kappa shape index (κ2) is 5.73. The van der Waals surface area contributed by atoms with Crippen molar-refractivity contribution in [3.63, 3.8) is 0 Å². The molecule has 1 N–H and O–H groups in total. The van der Waals surface area contributed by atoms with Crippen LogP contribution < -0.4 is 5.32 Å². The summed E-state index contributed by atoms with van der Waals surface area (Å²) >= 11 is 6.13. The van der Waals surface area contributed by atoms with Gasteiger partial charge in [-0.15, -0.1) is 11.6 Å². The van der Waals surface area contributed by atoms with Crippen LogP contribution in [-0.2, 0) is 9.53 Å². The Morgan fingerprint density at radius 1 is 1.33 bits per heavy atom. The number of nitrogens with one attached hydrogen (secondary N) is 1. The van der Waals surface area contributed by atoms with E-state index in [4.69, 9.17) is 16.3 Å². The average Bonchev–Trinajstić information content (AvgIpc) is 2.35. The topological polar surface area (TPSA) is 38.3 Å². The molecule has 0 spiro atoms. The molecule has 3 nitrogen and oxygen atoms in total. The minimum absolute atomic E-state index is 0.0100. The largest absolute Gasteiger partial charge is 0.383 e. The summed E-state index contributed by atoms with van der Waals surface area (Å²) in [6, 6.07) is 0. The monoisotopic (exact) mass is 313 g/mol. The van der Waals surface area contributed by atoms with Crippen LogP contribution in [0, 0.1) is 22.7 Å². The number of rotatable bonds is 6. The smallest absolute Gasteiger partial charge is 0.226 e. The third kappa shape index (κ3) is 3.10. The quantitative estimate of drug-likeness (QED) is 0.764. The van der Waals surface area contributed by atoms with E-state index in [1.165, 1.54) is 19.3 Å². The Labute approximate surface area is 133 Å². The van der Waals surface area contributed by atoms with Crippen molar-refractivity contribution in [1.29, 1.82) is 0 Å². The van der Waals surface area contributed by atoms with Gasteiger partial charge < -0.3 is 10.1 Å². The van der Waals surface area contributed by atoms with Crippen LogP contribution in [0.15, 0.2) is 0 Å². The predicted octanol–water partition coefficient (Wildman–Crippen LogP) is 3.35. The number of ether oxygens (including phenoxy) is 1. The Morgan fingerprint density at radius 3 is 2.57 bits per heavy atom. The van der Waals surface area contributed by atoms with Gasteiger partial charge in [-0.1, -0.05) is 6.92 Å². The summed E-state index contributed by atoms with van der Waals surface area (Å²) in [5.41, 5.74) is 0.356. The van der Waals surface area contributed by atoms with Crippen molar-refractivity contribution in [2.24, 2.45) is 22.7 Å². The van der Waals surface area contributed by atoms with Crippen molar-refractivity contribution < 1.29 is 9.53 Å². The number of hydrogen-bond donors (Lipinski definition) is 1. The van der Waals surface area contributed by atoms with Crippen LogP contribution in [0.25, 0.3) is 0 Å². The SMILES string of the molecule is COCC(Cl)CCNC(=O)C12CC3CC(CC(C)(C3)C1)C2. The van der Waals surface area contributed by atoms with E-state index in [1.807, 2.05) is 0 Å². The van der Waals surface area contributed by atoms with Gasteiger partial charge in [0.2, 0.25) is 5.91 Å². The molecule has 0 heterocycles. The molecule has 4 fully saturated rings. The van der Waals surface area contributed by atoms with Crippen molar-refractivity contribution in [2.45, 2.75) is 57.2 Å².